The third kappa shape index (κ3) is 2.93. The van der Waals surface area contributed by atoms with Gasteiger partial charge in [0.15, 0.2) is 0 Å². The number of amides is 1. The van der Waals surface area contributed by atoms with Crippen LogP contribution < -0.4 is 19.8 Å². The molecule has 0 bridgehead atoms. The van der Waals surface area contributed by atoms with Crippen LogP contribution in [0.25, 0.3) is 5.57 Å². The highest BCUT2D eigenvalue weighted by atomic mass is 32.1. The van der Waals surface area contributed by atoms with Crippen molar-refractivity contribution in [2.45, 2.75) is 6.04 Å². The number of anilines is 1. The van der Waals surface area contributed by atoms with Crippen LogP contribution in [0.1, 0.15) is 22.7 Å². The van der Waals surface area contributed by atoms with Gasteiger partial charge >= 0.3 is 0 Å². The molecule has 7 heteroatoms. The van der Waals surface area contributed by atoms with Gasteiger partial charge in [-0.25, -0.2) is 0 Å². The molecule has 3 aromatic carbocycles. The molecule has 6 nitrogen and oxygen atoms in total. The molecule has 1 aromatic heterocycles. The van der Waals surface area contributed by atoms with Crippen molar-refractivity contribution in [1.82, 2.24) is 4.57 Å². The van der Waals surface area contributed by atoms with E-state index >= 15 is 0 Å². The second-order valence-electron chi connectivity index (χ2n) is 7.91. The van der Waals surface area contributed by atoms with Crippen molar-refractivity contribution in [3.63, 3.8) is 0 Å². The van der Waals surface area contributed by atoms with Crippen LogP contribution in [-0.4, -0.2) is 23.2 Å². The monoisotopic (exact) mass is 450 g/mol. The lowest BCUT2D eigenvalue weighted by molar-refractivity contribution is -0.112. The second-order valence-corrected chi connectivity index (χ2v) is 8.89. The maximum atomic E-state index is 13.9. The smallest absolute Gasteiger partial charge is 0.272 e. The van der Waals surface area contributed by atoms with E-state index in [9.17, 15) is 9.59 Å². The zero-order chi connectivity index (χ0) is 22.5. The number of benzene rings is 3. The largest absolute Gasteiger partial charge is 0.311 e. The van der Waals surface area contributed by atoms with Gasteiger partial charge in [-0.3, -0.25) is 14.2 Å². The summed E-state index contributed by atoms with van der Waals surface area (Å²) in [6, 6.07) is 26.7. The number of thiazole rings is 1. The molecule has 0 saturated carbocycles. The Morgan fingerprint density at radius 1 is 0.818 bits per heavy atom. The van der Waals surface area contributed by atoms with E-state index < -0.39 is 6.04 Å². The highest BCUT2D eigenvalue weighted by molar-refractivity contribution is 7.07. The molecule has 2 aliphatic heterocycles. The zero-order valence-electron chi connectivity index (χ0n) is 17.7. The molecule has 4 aromatic rings. The normalized spacial score (nSPS) is 18.5. The van der Waals surface area contributed by atoms with Gasteiger partial charge in [0, 0.05) is 18.2 Å². The van der Waals surface area contributed by atoms with Crippen molar-refractivity contribution in [2.75, 3.05) is 11.9 Å². The number of rotatable bonds is 2. The predicted octanol–water partition coefficient (Wildman–Crippen LogP) is 2.71. The summed E-state index contributed by atoms with van der Waals surface area (Å²) >= 11 is 1.22. The van der Waals surface area contributed by atoms with Gasteiger partial charge < -0.3 is 4.90 Å². The van der Waals surface area contributed by atoms with Gasteiger partial charge in [0.1, 0.15) is 10.6 Å². The first-order valence-electron chi connectivity index (χ1n) is 10.5. The van der Waals surface area contributed by atoms with Crippen molar-refractivity contribution < 1.29 is 4.79 Å². The average Bonchev–Trinajstić information content (AvgIpc) is 3.33. The summed E-state index contributed by atoms with van der Waals surface area (Å²) in [5.41, 5.74) is 4.28. The molecule has 3 heterocycles. The molecule has 33 heavy (non-hydrogen) atoms. The molecule has 1 atom stereocenters. The van der Waals surface area contributed by atoms with Gasteiger partial charge in [0.05, 0.1) is 17.0 Å². The molecular weight excluding hydrogens is 432 g/mol. The number of para-hydroxylation sites is 1. The second kappa shape index (κ2) is 7.50. The predicted molar refractivity (Wildman–Crippen MR) is 129 cm³/mol. The van der Waals surface area contributed by atoms with Gasteiger partial charge in [-0.1, -0.05) is 90.2 Å². The Balaban J connectivity index is 1.65. The molecule has 0 spiro atoms. The van der Waals surface area contributed by atoms with Gasteiger partial charge in [-0.15, -0.1) is 10.2 Å². The van der Waals surface area contributed by atoms with Crippen molar-refractivity contribution in [1.29, 1.82) is 0 Å². The van der Waals surface area contributed by atoms with Crippen molar-refractivity contribution in [3.05, 3.63) is 121 Å². The Labute approximate surface area is 193 Å². The van der Waals surface area contributed by atoms with Gasteiger partial charge in [0.2, 0.25) is 4.80 Å². The first-order chi connectivity index (χ1) is 16.1. The molecular formula is C26H18N4O2S. The Morgan fingerprint density at radius 2 is 1.48 bits per heavy atom. The average molecular weight is 451 g/mol. The van der Waals surface area contributed by atoms with Crippen LogP contribution in [0.4, 0.5) is 5.69 Å². The van der Waals surface area contributed by atoms with E-state index in [-0.39, 0.29) is 11.5 Å². The molecule has 2 aliphatic rings. The molecule has 0 N–H and O–H groups in total. The lowest BCUT2D eigenvalue weighted by atomic mass is 9.96. The minimum atomic E-state index is -0.441. The molecule has 0 radical (unpaired) electrons. The number of carbonyl (C=O) groups is 1. The summed E-state index contributed by atoms with van der Waals surface area (Å²) in [4.78, 5) is 29.1. The Kier molecular flexibility index (Phi) is 4.45. The van der Waals surface area contributed by atoms with E-state index in [1.807, 2.05) is 84.9 Å². The van der Waals surface area contributed by atoms with Crippen LogP contribution in [0, 0.1) is 0 Å². The summed E-state index contributed by atoms with van der Waals surface area (Å²) in [7, 11) is 1.73. The lowest BCUT2D eigenvalue weighted by Crippen LogP contribution is -2.41. The molecule has 0 aliphatic carbocycles. The zero-order valence-corrected chi connectivity index (χ0v) is 18.5. The van der Waals surface area contributed by atoms with E-state index in [1.54, 1.807) is 16.5 Å². The SMILES string of the molecule is CN1C(=O)/C(=c2\sc3n(c2=O)[C@H](c2ccccc2)C(c2ccccc2)=NN=3)c2ccccc21. The topological polar surface area (TPSA) is 67.0 Å². The van der Waals surface area contributed by atoms with Crippen LogP contribution in [0.2, 0.25) is 0 Å². The van der Waals surface area contributed by atoms with Crippen LogP contribution in [0.15, 0.2) is 99.9 Å². The number of likely N-dealkylation sites (N-methyl/N-ethyl adjacent to an activating group) is 1. The van der Waals surface area contributed by atoms with Crippen LogP contribution in [0.5, 0.6) is 0 Å². The molecule has 0 saturated heterocycles. The fraction of sp³-hybridized carbons (Fsp3) is 0.0769. The van der Waals surface area contributed by atoms with E-state index in [0.717, 1.165) is 22.4 Å². The third-order valence-electron chi connectivity index (χ3n) is 6.04. The fourth-order valence-corrected chi connectivity index (χ4v) is 5.50. The first-order valence-corrected chi connectivity index (χ1v) is 11.4. The molecule has 1 amide bonds. The highest BCUT2D eigenvalue weighted by Crippen LogP contribution is 2.33. The Bertz CT molecular complexity index is 1620. The summed E-state index contributed by atoms with van der Waals surface area (Å²) in [5.74, 6) is -0.187. The summed E-state index contributed by atoms with van der Waals surface area (Å²) in [6.45, 7) is 0. The third-order valence-corrected chi connectivity index (χ3v) is 7.08. The molecule has 0 fully saturated rings. The number of nitrogens with zero attached hydrogens (tertiary/aromatic N) is 4. The molecule has 0 unspecified atom stereocenters. The van der Waals surface area contributed by atoms with Crippen molar-refractivity contribution in [3.8, 4) is 0 Å². The maximum Gasteiger partial charge on any atom is 0.272 e. The van der Waals surface area contributed by atoms with E-state index in [2.05, 4.69) is 10.2 Å². The van der Waals surface area contributed by atoms with Crippen molar-refractivity contribution >= 4 is 34.2 Å². The number of carbonyl (C=O) groups excluding carboxylic acids is 1. The fourth-order valence-electron chi connectivity index (χ4n) is 4.46. The Morgan fingerprint density at radius 3 is 2.24 bits per heavy atom. The molecule has 6 rings (SSSR count). The van der Waals surface area contributed by atoms with Gasteiger partial charge in [0.25, 0.3) is 11.5 Å². The summed E-state index contributed by atoms with van der Waals surface area (Å²) < 4.78 is 2.06. The standard InChI is InChI=1S/C26H18N4O2S/c1-29-19-15-9-8-14-18(19)20(24(29)31)23-25(32)30-22(17-12-6-3-7-13-17)21(27-28-26(30)33-23)16-10-4-2-5-11-16/h2-15,22H,1H3/b23-20-/t22-/m1/s1. The van der Waals surface area contributed by atoms with Crippen molar-refractivity contribution in [2.24, 2.45) is 10.2 Å². The maximum absolute atomic E-state index is 13.9. The lowest BCUT2D eigenvalue weighted by Gasteiger charge is -2.22. The van der Waals surface area contributed by atoms with E-state index in [0.29, 0.717) is 20.6 Å². The van der Waals surface area contributed by atoms with E-state index in [1.165, 1.54) is 11.3 Å². The van der Waals surface area contributed by atoms with Gasteiger partial charge in [-0.2, -0.15) is 0 Å². The number of aromatic nitrogens is 1. The number of hydrogen-bond acceptors (Lipinski definition) is 5. The van der Waals surface area contributed by atoms with Gasteiger partial charge in [-0.05, 0) is 11.6 Å². The van der Waals surface area contributed by atoms with E-state index in [4.69, 9.17) is 0 Å². The summed E-state index contributed by atoms with van der Waals surface area (Å²) in [6.07, 6.45) is 0. The minimum Gasteiger partial charge on any atom is -0.311 e. The van der Waals surface area contributed by atoms with Crippen LogP contribution in [0.3, 0.4) is 0 Å². The Hall–Kier alpha value is -4.10. The highest BCUT2D eigenvalue weighted by Gasteiger charge is 2.34. The summed E-state index contributed by atoms with van der Waals surface area (Å²) in [5, 5.41) is 8.96. The first kappa shape index (κ1) is 19.6. The van der Waals surface area contributed by atoms with Crippen LogP contribution in [-0.2, 0) is 4.79 Å². The quantitative estimate of drug-likeness (QED) is 0.471. The molecule has 160 valence electrons. The minimum absolute atomic E-state index is 0.187. The number of fused-ring (bicyclic) bond motifs is 2. The van der Waals surface area contributed by atoms with Crippen LogP contribution >= 0.6 is 11.3 Å². The number of hydrogen-bond donors (Lipinski definition) is 0.